The lowest BCUT2D eigenvalue weighted by atomic mass is 9.73. The minimum atomic E-state index is -3.15. The normalized spacial score (nSPS) is 31.4. The van der Waals surface area contributed by atoms with Crippen molar-refractivity contribution in [2.24, 2.45) is 5.41 Å². The largest absolute Gasteiger partial charge is 0.477 e. The highest BCUT2D eigenvalue weighted by atomic mass is 32.2. The maximum absolute atomic E-state index is 12.7. The third kappa shape index (κ3) is 3.05. The summed E-state index contributed by atoms with van der Waals surface area (Å²) in [5.41, 5.74) is -0.268. The summed E-state index contributed by atoms with van der Waals surface area (Å²) in [6.45, 7) is 2.27. The second-order valence-corrected chi connectivity index (χ2v) is 9.36. The van der Waals surface area contributed by atoms with Gasteiger partial charge in [0.15, 0.2) is 0 Å². The zero-order valence-electron chi connectivity index (χ0n) is 13.8. The van der Waals surface area contributed by atoms with E-state index in [1.165, 1.54) is 0 Å². The molecule has 0 amide bonds. The zero-order chi connectivity index (χ0) is 16.6. The molecule has 6 nitrogen and oxygen atoms in total. The van der Waals surface area contributed by atoms with E-state index >= 15 is 0 Å². The van der Waals surface area contributed by atoms with E-state index in [9.17, 15) is 8.42 Å². The first-order valence-corrected chi connectivity index (χ1v) is 10.2. The molecule has 1 aliphatic carbocycles. The molecule has 3 aliphatic rings. The quantitative estimate of drug-likeness (QED) is 0.809. The summed E-state index contributed by atoms with van der Waals surface area (Å²) in [6, 6.07) is 5.57. The van der Waals surface area contributed by atoms with Gasteiger partial charge in [0.2, 0.25) is 15.9 Å². The second kappa shape index (κ2) is 6.28. The van der Waals surface area contributed by atoms with Crippen molar-refractivity contribution < 1.29 is 17.9 Å². The molecule has 0 bridgehead atoms. The predicted molar refractivity (Wildman–Crippen MR) is 89.3 cm³/mol. The molecule has 2 saturated heterocycles. The Kier molecular flexibility index (Phi) is 4.26. The highest BCUT2D eigenvalue weighted by molar-refractivity contribution is 7.90. The van der Waals surface area contributed by atoms with Gasteiger partial charge in [-0.05, 0) is 38.2 Å². The van der Waals surface area contributed by atoms with E-state index in [-0.39, 0.29) is 16.8 Å². The van der Waals surface area contributed by atoms with Gasteiger partial charge in [-0.25, -0.2) is 17.7 Å². The SMILES string of the molecule is O=S(=O)(C1CC1)N1CC[C@H]2OCCC[C@@]2(COc2ccccn2)C1. The molecular formula is C17H24N2O4S. The third-order valence-electron chi connectivity index (χ3n) is 5.40. The molecule has 24 heavy (non-hydrogen) atoms. The Balaban J connectivity index is 1.53. The molecule has 0 N–H and O–H groups in total. The highest BCUT2D eigenvalue weighted by Gasteiger charge is 2.51. The van der Waals surface area contributed by atoms with Gasteiger partial charge in [-0.1, -0.05) is 6.07 Å². The smallest absolute Gasteiger partial charge is 0.217 e. The van der Waals surface area contributed by atoms with Crippen molar-refractivity contribution in [2.75, 3.05) is 26.3 Å². The molecule has 2 atom stereocenters. The van der Waals surface area contributed by atoms with E-state index < -0.39 is 10.0 Å². The number of hydrogen-bond acceptors (Lipinski definition) is 5. The summed E-state index contributed by atoms with van der Waals surface area (Å²) < 4.78 is 39.0. The Morgan fingerprint density at radius 2 is 2.21 bits per heavy atom. The molecule has 1 aromatic rings. The maximum Gasteiger partial charge on any atom is 0.217 e. The first-order valence-electron chi connectivity index (χ1n) is 8.75. The molecule has 0 unspecified atom stereocenters. The van der Waals surface area contributed by atoms with Crippen LogP contribution in [0.2, 0.25) is 0 Å². The van der Waals surface area contributed by atoms with Crippen LogP contribution < -0.4 is 4.74 Å². The van der Waals surface area contributed by atoms with Crippen LogP contribution in [-0.2, 0) is 14.8 Å². The van der Waals surface area contributed by atoms with Gasteiger partial charge >= 0.3 is 0 Å². The topological polar surface area (TPSA) is 68.7 Å². The molecule has 2 aliphatic heterocycles. The predicted octanol–water partition coefficient (Wildman–Crippen LogP) is 1.82. The summed E-state index contributed by atoms with van der Waals surface area (Å²) in [5.74, 6) is 0.582. The summed E-state index contributed by atoms with van der Waals surface area (Å²) in [7, 11) is -3.15. The molecule has 1 aromatic heterocycles. The van der Waals surface area contributed by atoms with Crippen LogP contribution in [0.15, 0.2) is 24.4 Å². The molecular weight excluding hydrogens is 328 g/mol. The number of ether oxygens (including phenoxy) is 2. The lowest BCUT2D eigenvalue weighted by Gasteiger charge is -2.49. The van der Waals surface area contributed by atoms with Gasteiger partial charge in [0.1, 0.15) is 0 Å². The zero-order valence-corrected chi connectivity index (χ0v) is 14.6. The molecule has 0 aromatic carbocycles. The van der Waals surface area contributed by atoms with E-state index in [2.05, 4.69) is 4.98 Å². The van der Waals surface area contributed by atoms with Gasteiger partial charge < -0.3 is 9.47 Å². The third-order valence-corrected chi connectivity index (χ3v) is 7.75. The fourth-order valence-corrected chi connectivity index (χ4v) is 5.85. The van der Waals surface area contributed by atoms with E-state index in [0.29, 0.717) is 25.6 Å². The van der Waals surface area contributed by atoms with Crippen LogP contribution in [0.1, 0.15) is 32.1 Å². The number of rotatable bonds is 5. The van der Waals surface area contributed by atoms with Crippen molar-refractivity contribution in [3.8, 4) is 5.88 Å². The average molecular weight is 352 g/mol. The molecule has 0 spiro atoms. The Labute approximate surface area is 143 Å². The van der Waals surface area contributed by atoms with Crippen molar-refractivity contribution in [3.05, 3.63) is 24.4 Å². The van der Waals surface area contributed by atoms with Crippen LogP contribution in [0, 0.1) is 5.41 Å². The van der Waals surface area contributed by atoms with E-state index in [1.54, 1.807) is 10.5 Å². The second-order valence-electron chi connectivity index (χ2n) is 7.15. The lowest BCUT2D eigenvalue weighted by Crippen LogP contribution is -2.58. The average Bonchev–Trinajstić information content (AvgIpc) is 3.46. The summed E-state index contributed by atoms with van der Waals surface area (Å²) in [6.07, 6.45) is 6.00. The van der Waals surface area contributed by atoms with Crippen molar-refractivity contribution >= 4 is 10.0 Å². The van der Waals surface area contributed by atoms with Crippen LogP contribution >= 0.6 is 0 Å². The lowest BCUT2D eigenvalue weighted by molar-refractivity contribution is -0.128. The molecule has 1 saturated carbocycles. The minimum Gasteiger partial charge on any atom is -0.477 e. The van der Waals surface area contributed by atoms with Crippen molar-refractivity contribution in [2.45, 2.75) is 43.5 Å². The Bertz CT molecular complexity index is 677. The van der Waals surface area contributed by atoms with Crippen molar-refractivity contribution in [1.82, 2.24) is 9.29 Å². The molecule has 132 valence electrons. The van der Waals surface area contributed by atoms with Gasteiger partial charge in [-0.2, -0.15) is 0 Å². The molecule has 4 rings (SSSR count). The molecule has 3 heterocycles. The van der Waals surface area contributed by atoms with Crippen LogP contribution in [0.4, 0.5) is 0 Å². The van der Waals surface area contributed by atoms with Gasteiger partial charge in [0.05, 0.1) is 18.0 Å². The standard InChI is InChI=1S/C17H24N2O4S/c20-24(21,14-5-6-14)19-10-7-15-17(12-19,8-3-11-22-15)13-23-16-4-1-2-9-18-16/h1-2,4,9,14-15H,3,5-8,10-13H2/t15-,17+/m1/s1. The number of piperidine rings is 1. The van der Waals surface area contributed by atoms with Crippen LogP contribution in [-0.4, -0.2) is 55.4 Å². The monoisotopic (exact) mass is 352 g/mol. The van der Waals surface area contributed by atoms with Crippen molar-refractivity contribution in [1.29, 1.82) is 0 Å². The van der Waals surface area contributed by atoms with Gasteiger partial charge in [0, 0.05) is 37.4 Å². The van der Waals surface area contributed by atoms with E-state index in [0.717, 1.165) is 38.7 Å². The van der Waals surface area contributed by atoms with Gasteiger partial charge in [-0.3, -0.25) is 0 Å². The van der Waals surface area contributed by atoms with Crippen LogP contribution in [0.5, 0.6) is 5.88 Å². The first-order chi connectivity index (χ1) is 11.6. The van der Waals surface area contributed by atoms with Crippen molar-refractivity contribution in [3.63, 3.8) is 0 Å². The molecule has 7 heteroatoms. The fourth-order valence-electron chi connectivity index (χ4n) is 3.90. The maximum atomic E-state index is 12.7. The summed E-state index contributed by atoms with van der Waals surface area (Å²) in [5, 5.41) is -0.160. The molecule has 0 radical (unpaired) electrons. The summed E-state index contributed by atoms with van der Waals surface area (Å²) in [4.78, 5) is 4.21. The Hall–Kier alpha value is -1.18. The van der Waals surface area contributed by atoms with Crippen LogP contribution in [0.25, 0.3) is 0 Å². The number of sulfonamides is 1. The van der Waals surface area contributed by atoms with E-state index in [4.69, 9.17) is 9.47 Å². The number of pyridine rings is 1. The first kappa shape index (κ1) is 16.3. The van der Waals surface area contributed by atoms with Gasteiger partial charge in [0.25, 0.3) is 0 Å². The van der Waals surface area contributed by atoms with E-state index in [1.807, 2.05) is 18.2 Å². The Morgan fingerprint density at radius 3 is 2.96 bits per heavy atom. The highest BCUT2D eigenvalue weighted by Crippen LogP contribution is 2.43. The molecule has 3 fully saturated rings. The Morgan fingerprint density at radius 1 is 1.33 bits per heavy atom. The number of hydrogen-bond donors (Lipinski definition) is 0. The number of aromatic nitrogens is 1. The number of fused-ring (bicyclic) bond motifs is 1. The number of nitrogens with zero attached hydrogens (tertiary/aromatic N) is 2. The van der Waals surface area contributed by atoms with Gasteiger partial charge in [-0.15, -0.1) is 0 Å². The fraction of sp³-hybridized carbons (Fsp3) is 0.706. The van der Waals surface area contributed by atoms with Crippen LogP contribution in [0.3, 0.4) is 0 Å². The summed E-state index contributed by atoms with van der Waals surface area (Å²) >= 11 is 0. The minimum absolute atomic E-state index is 0.0700.